The van der Waals surface area contributed by atoms with Crippen LogP contribution in [-0.4, -0.2) is 34.1 Å². The number of methoxy groups -OCH3 is 3. The van der Waals surface area contributed by atoms with Crippen LogP contribution in [0.4, 0.5) is 0 Å². The predicted molar refractivity (Wildman–Crippen MR) is 177 cm³/mol. The molecule has 1 unspecified atom stereocenters. The highest BCUT2D eigenvalue weighted by Crippen LogP contribution is 2.52. The first kappa shape index (κ1) is 32.5. The normalized spacial score (nSPS) is 14.9. The van der Waals surface area contributed by atoms with Crippen LogP contribution in [-0.2, 0) is 10.0 Å². The van der Waals surface area contributed by atoms with Crippen LogP contribution >= 0.6 is 23.2 Å². The minimum absolute atomic E-state index is 0.00577. The smallest absolute Gasteiger partial charge is 0.265 e. The molecule has 0 spiro atoms. The second kappa shape index (κ2) is 13.2. The van der Waals surface area contributed by atoms with Crippen molar-refractivity contribution in [2.45, 2.75) is 17.9 Å². The molecule has 0 N–H and O–H groups in total. The van der Waals surface area contributed by atoms with Gasteiger partial charge in [-0.1, -0.05) is 65.2 Å². The zero-order valence-corrected chi connectivity index (χ0v) is 27.5. The number of aryl methyl sites for hydroxylation is 1. The van der Waals surface area contributed by atoms with Crippen LogP contribution in [0.15, 0.2) is 101 Å². The van der Waals surface area contributed by atoms with E-state index >= 15 is 0 Å². The molecule has 0 radical (unpaired) electrons. The molecule has 0 saturated heterocycles. The van der Waals surface area contributed by atoms with Crippen molar-refractivity contribution in [2.24, 2.45) is 0 Å². The van der Waals surface area contributed by atoms with Crippen molar-refractivity contribution in [1.82, 2.24) is 4.31 Å². The van der Waals surface area contributed by atoms with Crippen LogP contribution < -0.4 is 14.2 Å². The quantitative estimate of drug-likeness (QED) is 0.187. The van der Waals surface area contributed by atoms with Crippen LogP contribution in [0.3, 0.4) is 0 Å². The van der Waals surface area contributed by atoms with E-state index in [2.05, 4.69) is 12.1 Å². The summed E-state index contributed by atoms with van der Waals surface area (Å²) in [6.07, 6.45) is 0. The molecule has 0 saturated carbocycles. The van der Waals surface area contributed by atoms with Crippen molar-refractivity contribution < 1.29 is 22.6 Å². The molecule has 11 heteroatoms. The number of benzene rings is 4. The summed E-state index contributed by atoms with van der Waals surface area (Å²) < 4.78 is 47.7. The molecule has 0 aliphatic carbocycles. The minimum Gasteiger partial charge on any atom is -0.493 e. The minimum atomic E-state index is -4.46. The van der Waals surface area contributed by atoms with E-state index in [0.717, 1.165) is 9.87 Å². The van der Waals surface area contributed by atoms with Crippen LogP contribution in [0, 0.1) is 29.6 Å². The lowest BCUT2D eigenvalue weighted by Crippen LogP contribution is -2.38. The van der Waals surface area contributed by atoms with Crippen molar-refractivity contribution >= 4 is 44.5 Å². The lowest BCUT2D eigenvalue weighted by atomic mass is 9.82. The number of hydrogen-bond donors (Lipinski definition) is 0. The third kappa shape index (κ3) is 5.77. The number of halogens is 2. The summed E-state index contributed by atoms with van der Waals surface area (Å²) in [5.41, 5.74) is 2.30. The lowest BCUT2D eigenvalue weighted by molar-refractivity contribution is 0.324. The number of allylic oxidation sites excluding steroid dienone is 2. The molecule has 1 heterocycles. The Morgan fingerprint density at radius 3 is 1.76 bits per heavy atom. The molecular weight excluding hydrogens is 645 g/mol. The fourth-order valence-electron chi connectivity index (χ4n) is 5.41. The highest BCUT2D eigenvalue weighted by atomic mass is 35.5. The standard InChI is InChI=1S/C35H27Cl2N3O5S/c1-21-5-15-27(16-6-21)46(41,42)40-33(23-9-13-26(37)14-10-23)28(19-38)32(22-7-11-25(36)12-8-22)29(20-39)34(40)24-17-30(43-2)35(45-4)31(18-24)44-3/h5-18,33H,1-4H3. The zero-order valence-electron chi connectivity index (χ0n) is 25.2. The number of ether oxygens (including phenoxy) is 3. The Labute approximate surface area is 277 Å². The number of nitrogens with zero attached hydrogens (tertiary/aromatic N) is 3. The maximum atomic E-state index is 14.9. The third-order valence-electron chi connectivity index (χ3n) is 7.55. The molecule has 232 valence electrons. The van der Waals surface area contributed by atoms with Gasteiger partial charge in [-0.05, 0) is 66.6 Å². The van der Waals surface area contributed by atoms with Crippen molar-refractivity contribution in [3.63, 3.8) is 0 Å². The van der Waals surface area contributed by atoms with Crippen molar-refractivity contribution in [2.75, 3.05) is 21.3 Å². The van der Waals surface area contributed by atoms with E-state index < -0.39 is 16.1 Å². The Morgan fingerprint density at radius 2 is 1.28 bits per heavy atom. The number of nitriles is 2. The first-order valence-corrected chi connectivity index (χ1v) is 16.0. The molecule has 5 rings (SSSR count). The summed E-state index contributed by atoms with van der Waals surface area (Å²) in [7, 11) is -0.142. The van der Waals surface area contributed by atoms with Gasteiger partial charge in [0.05, 0.1) is 49.1 Å². The summed E-state index contributed by atoms with van der Waals surface area (Å²) in [5.74, 6) is 0.748. The molecule has 0 aromatic heterocycles. The van der Waals surface area contributed by atoms with Gasteiger partial charge in [-0.25, -0.2) is 8.42 Å². The third-order valence-corrected chi connectivity index (χ3v) is 9.83. The summed E-state index contributed by atoms with van der Waals surface area (Å²) in [5, 5.41) is 22.5. The van der Waals surface area contributed by atoms with Crippen molar-refractivity contribution in [1.29, 1.82) is 10.5 Å². The average Bonchev–Trinajstić information content (AvgIpc) is 3.07. The Morgan fingerprint density at radius 1 is 0.739 bits per heavy atom. The second-order valence-electron chi connectivity index (χ2n) is 10.2. The average molecular weight is 673 g/mol. The summed E-state index contributed by atoms with van der Waals surface area (Å²) in [4.78, 5) is -0.0356. The van der Waals surface area contributed by atoms with Gasteiger partial charge in [0.1, 0.15) is 12.1 Å². The molecule has 1 aliphatic rings. The van der Waals surface area contributed by atoms with Gasteiger partial charge in [0.25, 0.3) is 10.0 Å². The van der Waals surface area contributed by atoms with E-state index in [1.54, 1.807) is 72.8 Å². The van der Waals surface area contributed by atoms with Crippen LogP contribution in [0.5, 0.6) is 17.2 Å². The molecule has 4 aromatic rings. The van der Waals surface area contributed by atoms with E-state index in [0.29, 0.717) is 21.2 Å². The monoisotopic (exact) mass is 671 g/mol. The van der Waals surface area contributed by atoms with Gasteiger partial charge in [-0.3, -0.25) is 4.31 Å². The lowest BCUT2D eigenvalue weighted by Gasteiger charge is -2.39. The molecule has 1 aliphatic heterocycles. The van der Waals surface area contributed by atoms with Gasteiger partial charge in [0, 0.05) is 21.2 Å². The molecule has 8 nitrogen and oxygen atoms in total. The largest absolute Gasteiger partial charge is 0.493 e. The summed E-state index contributed by atoms with van der Waals surface area (Å²) in [6, 6.07) is 25.9. The fourth-order valence-corrected chi connectivity index (χ4v) is 7.31. The Hall–Kier alpha value is -4.93. The molecule has 4 aromatic carbocycles. The topological polar surface area (TPSA) is 113 Å². The molecule has 1 atom stereocenters. The van der Waals surface area contributed by atoms with Crippen molar-refractivity contribution in [3.05, 3.63) is 128 Å². The van der Waals surface area contributed by atoms with E-state index in [1.807, 2.05) is 6.92 Å². The van der Waals surface area contributed by atoms with Gasteiger partial charge in [0.15, 0.2) is 11.5 Å². The molecule has 0 fully saturated rings. The zero-order chi connectivity index (χ0) is 33.2. The predicted octanol–water partition coefficient (Wildman–Crippen LogP) is 7.99. The molecule has 0 amide bonds. The second-order valence-corrected chi connectivity index (χ2v) is 12.9. The van der Waals surface area contributed by atoms with E-state index in [9.17, 15) is 18.9 Å². The Kier molecular flexibility index (Phi) is 9.32. The Balaban J connectivity index is 2.00. The van der Waals surface area contributed by atoms with Gasteiger partial charge in [0.2, 0.25) is 5.75 Å². The molecular formula is C35H27Cl2N3O5S. The van der Waals surface area contributed by atoms with Gasteiger partial charge in [-0.15, -0.1) is 0 Å². The first-order chi connectivity index (χ1) is 22.1. The summed E-state index contributed by atoms with van der Waals surface area (Å²) >= 11 is 12.5. The van der Waals surface area contributed by atoms with Crippen LogP contribution in [0.1, 0.15) is 28.3 Å². The number of hydrogen-bond acceptors (Lipinski definition) is 7. The molecule has 0 bridgehead atoms. The number of sulfonamides is 1. The van der Waals surface area contributed by atoms with Gasteiger partial charge in [-0.2, -0.15) is 10.5 Å². The van der Waals surface area contributed by atoms with Crippen LogP contribution in [0.25, 0.3) is 11.3 Å². The van der Waals surface area contributed by atoms with E-state index in [1.165, 1.54) is 33.5 Å². The SMILES string of the molecule is COc1cc(C2=C(C#N)C(c3ccc(Cl)cc3)=C(C#N)C(c3ccc(Cl)cc3)N2S(=O)(=O)c2ccc(C)cc2)cc(OC)c1OC. The van der Waals surface area contributed by atoms with E-state index in [-0.39, 0.29) is 50.1 Å². The maximum Gasteiger partial charge on any atom is 0.265 e. The van der Waals surface area contributed by atoms with Crippen molar-refractivity contribution in [3.8, 4) is 29.4 Å². The molecule has 46 heavy (non-hydrogen) atoms. The highest BCUT2D eigenvalue weighted by Gasteiger charge is 2.44. The summed E-state index contributed by atoms with van der Waals surface area (Å²) in [6.45, 7) is 1.84. The first-order valence-electron chi connectivity index (χ1n) is 13.8. The van der Waals surface area contributed by atoms with Gasteiger partial charge >= 0.3 is 0 Å². The highest BCUT2D eigenvalue weighted by molar-refractivity contribution is 7.89. The Bertz CT molecular complexity index is 2040. The maximum absolute atomic E-state index is 14.9. The van der Waals surface area contributed by atoms with Gasteiger partial charge < -0.3 is 14.2 Å². The fraction of sp³-hybridized carbons (Fsp3) is 0.143. The van der Waals surface area contributed by atoms with Crippen LogP contribution in [0.2, 0.25) is 10.0 Å². The van der Waals surface area contributed by atoms with E-state index in [4.69, 9.17) is 37.4 Å². The number of rotatable bonds is 8.